The quantitative estimate of drug-likeness (QED) is 0.869. The molecule has 1 unspecified atom stereocenters. The number of fused-ring (bicyclic) bond motifs is 2. The summed E-state index contributed by atoms with van der Waals surface area (Å²) in [4.78, 5) is 20.9. The van der Waals surface area contributed by atoms with Gasteiger partial charge >= 0.3 is 0 Å². The number of rotatable bonds is 4. The molecule has 3 aliphatic rings. The van der Waals surface area contributed by atoms with Crippen molar-refractivity contribution in [1.82, 2.24) is 9.88 Å². The molecule has 2 bridgehead atoms. The third-order valence-corrected chi connectivity index (χ3v) is 7.11. The molecule has 2 saturated heterocycles. The molecular weight excluding hydrogens is 362 g/mol. The van der Waals surface area contributed by atoms with Crippen molar-refractivity contribution in [3.05, 3.63) is 59.9 Å². The lowest BCUT2D eigenvalue weighted by atomic mass is 9.64. The van der Waals surface area contributed by atoms with E-state index in [1.54, 1.807) is 6.20 Å². The minimum Gasteiger partial charge on any atom is -0.383 e. The van der Waals surface area contributed by atoms with Gasteiger partial charge in [0.1, 0.15) is 5.60 Å². The molecule has 0 spiro atoms. The lowest BCUT2D eigenvalue weighted by Crippen LogP contribution is -2.58. The van der Waals surface area contributed by atoms with E-state index >= 15 is 0 Å². The molecule has 29 heavy (non-hydrogen) atoms. The third-order valence-electron chi connectivity index (χ3n) is 7.11. The standard InChI is InChI=1S/C24H29N3O2/c28-23-8-4-14-27(23)21-11-9-18(10-12-21)15-26-16-19-5-3-6-20(17-26)24(19,29)22-7-1-2-13-25-22/h1-2,7,9-13,19-20,29H,3-6,8,14-17H2/t19-,20+,24?. The maximum absolute atomic E-state index is 12.0. The number of amides is 1. The monoisotopic (exact) mass is 391 g/mol. The van der Waals surface area contributed by atoms with Crippen molar-refractivity contribution >= 4 is 11.6 Å². The van der Waals surface area contributed by atoms with Crippen LogP contribution in [0.2, 0.25) is 0 Å². The lowest BCUT2D eigenvalue weighted by molar-refractivity contribution is -0.151. The molecule has 3 fully saturated rings. The van der Waals surface area contributed by atoms with E-state index in [0.29, 0.717) is 6.42 Å². The summed E-state index contributed by atoms with van der Waals surface area (Å²) in [6.07, 6.45) is 6.71. The van der Waals surface area contributed by atoms with E-state index < -0.39 is 5.60 Å². The second kappa shape index (κ2) is 7.54. The van der Waals surface area contributed by atoms with E-state index in [0.717, 1.165) is 56.8 Å². The van der Waals surface area contributed by atoms with Crippen LogP contribution in [0, 0.1) is 11.8 Å². The number of likely N-dealkylation sites (tertiary alicyclic amines) is 1. The highest BCUT2D eigenvalue weighted by molar-refractivity contribution is 5.95. The first kappa shape index (κ1) is 18.8. The van der Waals surface area contributed by atoms with E-state index in [1.165, 1.54) is 12.0 Å². The summed E-state index contributed by atoms with van der Waals surface area (Å²) in [5.41, 5.74) is 2.32. The van der Waals surface area contributed by atoms with Gasteiger partial charge in [-0.1, -0.05) is 24.6 Å². The SMILES string of the molecule is O=C1CCCN1c1ccc(CN2C[C@H]3CCC[C@@H](C2)C3(O)c2ccccn2)cc1. The minimum absolute atomic E-state index is 0.228. The fourth-order valence-electron chi connectivity index (χ4n) is 5.65. The Morgan fingerprint density at radius 2 is 1.79 bits per heavy atom. The number of carbonyl (C=O) groups excluding carboxylic acids is 1. The van der Waals surface area contributed by atoms with Crippen LogP contribution < -0.4 is 4.90 Å². The molecule has 1 aliphatic carbocycles. The molecule has 1 N–H and O–H groups in total. The lowest BCUT2D eigenvalue weighted by Gasteiger charge is -2.52. The number of piperidine rings is 1. The average Bonchev–Trinajstić information content (AvgIpc) is 3.16. The van der Waals surface area contributed by atoms with Crippen molar-refractivity contribution in [3.63, 3.8) is 0 Å². The summed E-state index contributed by atoms with van der Waals surface area (Å²) in [6.45, 7) is 3.52. The van der Waals surface area contributed by atoms with Crippen LogP contribution in [0.3, 0.4) is 0 Å². The largest absolute Gasteiger partial charge is 0.383 e. The number of aliphatic hydroxyl groups is 1. The van der Waals surface area contributed by atoms with E-state index in [1.807, 2.05) is 23.1 Å². The average molecular weight is 392 g/mol. The van der Waals surface area contributed by atoms with Gasteiger partial charge < -0.3 is 10.0 Å². The summed E-state index contributed by atoms with van der Waals surface area (Å²) in [5, 5.41) is 11.7. The van der Waals surface area contributed by atoms with Gasteiger partial charge in [0.2, 0.25) is 5.91 Å². The van der Waals surface area contributed by atoms with Crippen molar-refractivity contribution in [2.24, 2.45) is 11.8 Å². The fraction of sp³-hybridized carbons (Fsp3) is 0.500. The van der Waals surface area contributed by atoms with Gasteiger partial charge in [0.15, 0.2) is 0 Å². The molecule has 0 radical (unpaired) electrons. The predicted octanol–water partition coefficient (Wildman–Crippen LogP) is 3.33. The topological polar surface area (TPSA) is 56.7 Å². The van der Waals surface area contributed by atoms with Gasteiger partial charge in [-0.2, -0.15) is 0 Å². The van der Waals surface area contributed by atoms with Crippen molar-refractivity contribution < 1.29 is 9.90 Å². The van der Waals surface area contributed by atoms with Gasteiger partial charge in [-0.05, 0) is 49.1 Å². The second-order valence-electron chi connectivity index (χ2n) is 8.87. The Balaban J connectivity index is 1.30. The van der Waals surface area contributed by atoms with Gasteiger partial charge in [-0.3, -0.25) is 14.7 Å². The van der Waals surface area contributed by atoms with Crippen LogP contribution in [0.5, 0.6) is 0 Å². The zero-order chi connectivity index (χ0) is 19.8. The van der Waals surface area contributed by atoms with Crippen LogP contribution in [0.15, 0.2) is 48.7 Å². The Morgan fingerprint density at radius 1 is 1.03 bits per heavy atom. The summed E-state index contributed by atoms with van der Waals surface area (Å²) < 4.78 is 0. The number of pyridine rings is 1. The molecule has 1 aromatic heterocycles. The molecule has 1 saturated carbocycles. The highest BCUT2D eigenvalue weighted by Crippen LogP contribution is 2.48. The van der Waals surface area contributed by atoms with Crippen molar-refractivity contribution in [2.75, 3.05) is 24.5 Å². The molecule has 3 heterocycles. The normalized spacial score (nSPS) is 30.0. The minimum atomic E-state index is -0.796. The maximum atomic E-state index is 12.0. The molecule has 5 nitrogen and oxygen atoms in total. The number of nitrogens with zero attached hydrogens (tertiary/aromatic N) is 3. The Labute approximate surface area is 172 Å². The second-order valence-corrected chi connectivity index (χ2v) is 8.87. The van der Waals surface area contributed by atoms with Crippen LogP contribution >= 0.6 is 0 Å². The summed E-state index contributed by atoms with van der Waals surface area (Å²) in [7, 11) is 0. The van der Waals surface area contributed by atoms with E-state index in [-0.39, 0.29) is 17.7 Å². The summed E-state index contributed by atoms with van der Waals surface area (Å²) >= 11 is 0. The predicted molar refractivity (Wildman–Crippen MR) is 112 cm³/mol. The molecule has 5 rings (SSSR count). The Kier molecular flexibility index (Phi) is 4.88. The van der Waals surface area contributed by atoms with E-state index in [4.69, 9.17) is 0 Å². The zero-order valence-electron chi connectivity index (χ0n) is 16.8. The van der Waals surface area contributed by atoms with Crippen molar-refractivity contribution in [2.45, 2.75) is 44.2 Å². The van der Waals surface area contributed by atoms with E-state index in [9.17, 15) is 9.90 Å². The van der Waals surface area contributed by atoms with Crippen LogP contribution in [-0.4, -0.2) is 40.5 Å². The number of carbonyl (C=O) groups is 1. The van der Waals surface area contributed by atoms with Gasteiger partial charge in [0.05, 0.1) is 5.69 Å². The number of aromatic nitrogens is 1. The van der Waals surface area contributed by atoms with Crippen LogP contribution in [0.4, 0.5) is 5.69 Å². The molecule has 2 aromatic rings. The Bertz CT molecular complexity index is 853. The third kappa shape index (κ3) is 3.36. The maximum Gasteiger partial charge on any atom is 0.227 e. The molecule has 152 valence electrons. The van der Waals surface area contributed by atoms with Crippen LogP contribution in [-0.2, 0) is 16.9 Å². The van der Waals surface area contributed by atoms with Gasteiger partial charge in [0, 0.05) is 56.3 Å². The van der Waals surface area contributed by atoms with Crippen LogP contribution in [0.1, 0.15) is 43.4 Å². The first-order chi connectivity index (χ1) is 14.1. The van der Waals surface area contributed by atoms with Crippen molar-refractivity contribution in [1.29, 1.82) is 0 Å². The molecular formula is C24H29N3O2. The molecule has 3 atom stereocenters. The highest BCUT2D eigenvalue weighted by Gasteiger charge is 2.52. The summed E-state index contributed by atoms with van der Waals surface area (Å²) in [6, 6.07) is 14.3. The first-order valence-corrected chi connectivity index (χ1v) is 10.9. The van der Waals surface area contributed by atoms with Gasteiger partial charge in [-0.25, -0.2) is 0 Å². The zero-order valence-corrected chi connectivity index (χ0v) is 16.8. The number of hydrogen-bond donors (Lipinski definition) is 1. The molecule has 2 aliphatic heterocycles. The molecule has 1 aromatic carbocycles. The molecule has 1 amide bonds. The molecule has 5 heteroatoms. The van der Waals surface area contributed by atoms with Crippen LogP contribution in [0.25, 0.3) is 0 Å². The smallest absolute Gasteiger partial charge is 0.227 e. The fourth-order valence-corrected chi connectivity index (χ4v) is 5.65. The summed E-state index contributed by atoms with van der Waals surface area (Å²) in [5.74, 6) is 0.688. The number of anilines is 1. The Hall–Kier alpha value is -2.24. The number of hydrogen-bond acceptors (Lipinski definition) is 4. The van der Waals surface area contributed by atoms with Crippen molar-refractivity contribution in [3.8, 4) is 0 Å². The number of benzene rings is 1. The van der Waals surface area contributed by atoms with E-state index in [2.05, 4.69) is 34.1 Å². The first-order valence-electron chi connectivity index (χ1n) is 10.9. The van der Waals surface area contributed by atoms with Gasteiger partial charge in [0.25, 0.3) is 0 Å². The van der Waals surface area contributed by atoms with Gasteiger partial charge in [-0.15, -0.1) is 0 Å². The Morgan fingerprint density at radius 3 is 2.41 bits per heavy atom. The highest BCUT2D eigenvalue weighted by atomic mass is 16.3.